The van der Waals surface area contributed by atoms with Crippen LogP contribution in [-0.4, -0.2) is 14.9 Å². The van der Waals surface area contributed by atoms with Gasteiger partial charge in [0, 0.05) is 11.8 Å². The molecule has 0 amide bonds. The summed E-state index contributed by atoms with van der Waals surface area (Å²) in [6.45, 7) is 3.20. The summed E-state index contributed by atoms with van der Waals surface area (Å²) in [6, 6.07) is 19.5. The first-order chi connectivity index (χ1) is 9.78. The zero-order chi connectivity index (χ0) is 13.8. The first-order valence-electron chi connectivity index (χ1n) is 7.24. The predicted molar refractivity (Wildman–Crippen MR) is 84.2 cm³/mol. The molecule has 1 fully saturated rings. The lowest BCUT2D eigenvalue weighted by Crippen LogP contribution is -2.50. The van der Waals surface area contributed by atoms with Gasteiger partial charge in [0.05, 0.1) is 0 Å². The van der Waals surface area contributed by atoms with Crippen molar-refractivity contribution >= 4 is 13.5 Å². The van der Waals surface area contributed by atoms with Crippen molar-refractivity contribution in [3.8, 4) is 11.5 Å². The average molecular weight is 284 g/mol. The zero-order valence-electron chi connectivity index (χ0n) is 11.8. The van der Waals surface area contributed by atoms with E-state index in [4.69, 9.17) is 9.16 Å². The Balaban J connectivity index is 1.92. The molecule has 1 saturated heterocycles. The lowest BCUT2D eigenvalue weighted by Gasteiger charge is -2.33. The average Bonchev–Trinajstić information content (AvgIpc) is 2.49. The molecule has 1 unspecified atom stereocenters. The molecular formula is C17H20O2Si. The third-order valence-electron chi connectivity index (χ3n) is 3.90. The Bertz CT molecular complexity index is 562. The Morgan fingerprint density at radius 1 is 0.950 bits per heavy atom. The van der Waals surface area contributed by atoms with Gasteiger partial charge in [0.1, 0.15) is 11.5 Å². The smallest absolute Gasteiger partial charge is 0.224 e. The number of para-hydroxylation sites is 2. The Kier molecular flexibility index (Phi) is 3.90. The summed E-state index contributed by atoms with van der Waals surface area (Å²) in [4.78, 5) is 0. The number of benzene rings is 2. The Morgan fingerprint density at radius 2 is 1.70 bits per heavy atom. The summed E-state index contributed by atoms with van der Waals surface area (Å²) in [5.74, 6) is 1.84. The minimum Gasteiger partial charge on any atom is -0.457 e. The van der Waals surface area contributed by atoms with Crippen LogP contribution < -0.4 is 9.92 Å². The van der Waals surface area contributed by atoms with Gasteiger partial charge in [-0.15, -0.1) is 0 Å². The molecular weight excluding hydrogens is 264 g/mol. The molecule has 0 spiro atoms. The van der Waals surface area contributed by atoms with Gasteiger partial charge in [-0.05, 0) is 37.2 Å². The molecule has 0 radical (unpaired) electrons. The number of ether oxygens (including phenoxy) is 1. The molecule has 1 atom stereocenters. The molecule has 20 heavy (non-hydrogen) atoms. The fourth-order valence-electron chi connectivity index (χ4n) is 2.75. The fourth-order valence-corrected chi connectivity index (χ4v) is 5.95. The quantitative estimate of drug-likeness (QED) is 0.791. The summed E-state index contributed by atoms with van der Waals surface area (Å²) >= 11 is 0. The molecule has 1 heterocycles. The fraction of sp³-hybridized carbons (Fsp3) is 0.294. The van der Waals surface area contributed by atoms with Crippen molar-refractivity contribution in [2.45, 2.75) is 25.4 Å². The van der Waals surface area contributed by atoms with E-state index in [1.54, 1.807) is 0 Å². The molecule has 0 aromatic heterocycles. The van der Waals surface area contributed by atoms with Gasteiger partial charge >= 0.3 is 0 Å². The lowest BCUT2D eigenvalue weighted by atomic mass is 10.3. The third kappa shape index (κ3) is 2.79. The van der Waals surface area contributed by atoms with Crippen LogP contribution in [0.15, 0.2) is 54.6 Å². The van der Waals surface area contributed by atoms with Crippen molar-refractivity contribution in [2.75, 3.05) is 6.61 Å². The van der Waals surface area contributed by atoms with Crippen molar-refractivity contribution in [1.82, 2.24) is 0 Å². The second-order valence-corrected chi connectivity index (χ2v) is 9.24. The molecule has 2 aromatic carbocycles. The maximum Gasteiger partial charge on any atom is 0.224 e. The SMILES string of the molecule is C[Si]1(c2ccccc2Oc2ccccc2)CCCCO1. The van der Waals surface area contributed by atoms with E-state index < -0.39 is 8.32 Å². The van der Waals surface area contributed by atoms with Crippen LogP contribution in [0.4, 0.5) is 0 Å². The van der Waals surface area contributed by atoms with E-state index in [-0.39, 0.29) is 0 Å². The van der Waals surface area contributed by atoms with E-state index in [0.717, 1.165) is 18.1 Å². The Labute approximate surface area is 121 Å². The molecule has 104 valence electrons. The summed E-state index contributed by atoms with van der Waals surface area (Å²) in [5.41, 5.74) is 0. The van der Waals surface area contributed by atoms with Crippen LogP contribution in [0.3, 0.4) is 0 Å². The highest BCUT2D eigenvalue weighted by Crippen LogP contribution is 2.27. The van der Waals surface area contributed by atoms with Crippen molar-refractivity contribution < 1.29 is 9.16 Å². The topological polar surface area (TPSA) is 18.5 Å². The molecule has 0 N–H and O–H groups in total. The normalized spacial score (nSPS) is 22.4. The highest BCUT2D eigenvalue weighted by Gasteiger charge is 2.36. The van der Waals surface area contributed by atoms with Gasteiger partial charge in [-0.25, -0.2) is 0 Å². The highest BCUT2D eigenvalue weighted by molar-refractivity contribution is 6.86. The standard InChI is InChI=1S/C17H20O2Si/c1-20(14-8-7-13-18-20)17-12-6-5-11-16(17)19-15-9-3-2-4-10-15/h2-6,9-12H,7-8,13-14H2,1H3. The van der Waals surface area contributed by atoms with Gasteiger partial charge in [-0.1, -0.05) is 42.8 Å². The monoisotopic (exact) mass is 284 g/mol. The first-order valence-corrected chi connectivity index (χ1v) is 9.86. The maximum atomic E-state index is 6.19. The molecule has 0 bridgehead atoms. The maximum absolute atomic E-state index is 6.19. The largest absolute Gasteiger partial charge is 0.457 e. The predicted octanol–water partition coefficient (Wildman–Crippen LogP) is 4.07. The lowest BCUT2D eigenvalue weighted by molar-refractivity contribution is 0.279. The van der Waals surface area contributed by atoms with Crippen LogP contribution in [-0.2, 0) is 4.43 Å². The molecule has 1 aliphatic rings. The van der Waals surface area contributed by atoms with Crippen LogP contribution in [0.2, 0.25) is 12.6 Å². The van der Waals surface area contributed by atoms with Crippen molar-refractivity contribution in [3.05, 3.63) is 54.6 Å². The van der Waals surface area contributed by atoms with Crippen LogP contribution in [0.5, 0.6) is 11.5 Å². The van der Waals surface area contributed by atoms with Gasteiger partial charge < -0.3 is 9.16 Å². The highest BCUT2D eigenvalue weighted by atomic mass is 28.4. The van der Waals surface area contributed by atoms with Crippen LogP contribution in [0.25, 0.3) is 0 Å². The van der Waals surface area contributed by atoms with Gasteiger partial charge in [0.2, 0.25) is 8.32 Å². The number of rotatable bonds is 3. The molecule has 3 heteroatoms. The van der Waals surface area contributed by atoms with E-state index in [1.165, 1.54) is 24.1 Å². The summed E-state index contributed by atoms with van der Waals surface area (Å²) in [7, 11) is -1.84. The van der Waals surface area contributed by atoms with Crippen molar-refractivity contribution in [3.63, 3.8) is 0 Å². The molecule has 1 aliphatic heterocycles. The minimum atomic E-state index is -1.84. The van der Waals surface area contributed by atoms with E-state index in [9.17, 15) is 0 Å². The van der Waals surface area contributed by atoms with Crippen LogP contribution in [0, 0.1) is 0 Å². The second-order valence-electron chi connectivity index (χ2n) is 5.45. The number of hydrogen-bond donors (Lipinski definition) is 0. The van der Waals surface area contributed by atoms with Crippen molar-refractivity contribution in [2.24, 2.45) is 0 Å². The van der Waals surface area contributed by atoms with Crippen LogP contribution >= 0.6 is 0 Å². The molecule has 2 nitrogen and oxygen atoms in total. The van der Waals surface area contributed by atoms with Gasteiger partial charge in [-0.3, -0.25) is 0 Å². The Morgan fingerprint density at radius 3 is 2.45 bits per heavy atom. The summed E-state index contributed by atoms with van der Waals surface area (Å²) in [5, 5.41) is 1.28. The minimum absolute atomic E-state index is 0.883. The Hall–Kier alpha value is -1.58. The summed E-state index contributed by atoms with van der Waals surface area (Å²) < 4.78 is 12.3. The second kappa shape index (κ2) is 5.81. The van der Waals surface area contributed by atoms with E-state index >= 15 is 0 Å². The van der Waals surface area contributed by atoms with Gasteiger partial charge in [-0.2, -0.15) is 0 Å². The van der Waals surface area contributed by atoms with Gasteiger partial charge in [0.15, 0.2) is 0 Å². The van der Waals surface area contributed by atoms with E-state index in [0.29, 0.717) is 0 Å². The van der Waals surface area contributed by atoms with Crippen molar-refractivity contribution in [1.29, 1.82) is 0 Å². The van der Waals surface area contributed by atoms with Crippen LogP contribution in [0.1, 0.15) is 12.8 Å². The third-order valence-corrected chi connectivity index (χ3v) is 7.60. The number of hydrogen-bond acceptors (Lipinski definition) is 2. The van der Waals surface area contributed by atoms with E-state index in [2.05, 4.69) is 24.7 Å². The zero-order valence-corrected chi connectivity index (χ0v) is 12.8. The molecule has 0 aliphatic carbocycles. The first kappa shape index (κ1) is 13.4. The summed E-state index contributed by atoms with van der Waals surface area (Å²) in [6.07, 6.45) is 2.45. The van der Waals surface area contributed by atoms with Gasteiger partial charge in [0.25, 0.3) is 0 Å². The molecule has 3 rings (SSSR count). The molecule has 2 aromatic rings. The van der Waals surface area contributed by atoms with E-state index in [1.807, 2.05) is 36.4 Å². The molecule has 0 saturated carbocycles.